The number of halogens is 1. The Hall–Kier alpha value is -1.61. The first kappa shape index (κ1) is 12.5. The largest absolute Gasteiger partial charge is 0.467 e. The third-order valence-electron chi connectivity index (χ3n) is 1.87. The van der Waals surface area contributed by atoms with Crippen LogP contribution in [0.5, 0.6) is 6.01 Å². The van der Waals surface area contributed by atoms with E-state index in [1.807, 2.05) is 6.92 Å². The van der Waals surface area contributed by atoms with Crippen molar-refractivity contribution < 1.29 is 4.74 Å². The van der Waals surface area contributed by atoms with Gasteiger partial charge in [0.05, 0.1) is 19.1 Å². The molecule has 0 saturated carbocycles. The van der Waals surface area contributed by atoms with Gasteiger partial charge in [-0.05, 0) is 18.5 Å². The summed E-state index contributed by atoms with van der Waals surface area (Å²) in [6.45, 7) is 2.33. The third kappa shape index (κ3) is 3.21. The summed E-state index contributed by atoms with van der Waals surface area (Å²) < 4.78 is 4.88. The Balaban J connectivity index is 2.87. The highest BCUT2D eigenvalue weighted by molar-refractivity contribution is 6.28. The lowest BCUT2D eigenvalue weighted by molar-refractivity contribution is 0.378. The molecule has 1 unspecified atom stereocenters. The number of nitrogens with zero attached hydrogens (tertiary/aromatic N) is 5. The molecule has 1 aromatic rings. The van der Waals surface area contributed by atoms with Gasteiger partial charge in [0, 0.05) is 13.6 Å². The van der Waals surface area contributed by atoms with Crippen molar-refractivity contribution in [1.29, 1.82) is 5.26 Å². The molecule has 1 aromatic heterocycles. The van der Waals surface area contributed by atoms with E-state index >= 15 is 0 Å². The van der Waals surface area contributed by atoms with Crippen molar-refractivity contribution in [2.24, 2.45) is 5.92 Å². The van der Waals surface area contributed by atoms with Crippen LogP contribution < -0.4 is 9.64 Å². The van der Waals surface area contributed by atoms with Gasteiger partial charge in [-0.25, -0.2) is 0 Å². The van der Waals surface area contributed by atoms with Gasteiger partial charge in [-0.1, -0.05) is 0 Å². The number of hydrogen-bond acceptors (Lipinski definition) is 6. The molecule has 0 aliphatic carbocycles. The summed E-state index contributed by atoms with van der Waals surface area (Å²) in [5.74, 6) is 0.269. The normalized spacial score (nSPS) is 11.7. The maximum absolute atomic E-state index is 8.71. The molecule has 0 fully saturated rings. The maximum Gasteiger partial charge on any atom is 0.322 e. The molecule has 0 aliphatic rings. The van der Waals surface area contributed by atoms with Gasteiger partial charge >= 0.3 is 6.01 Å². The molecule has 0 amide bonds. The molecule has 0 saturated heterocycles. The average Bonchev–Trinajstić information content (AvgIpc) is 2.27. The summed E-state index contributed by atoms with van der Waals surface area (Å²) in [4.78, 5) is 13.5. The summed E-state index contributed by atoms with van der Waals surface area (Å²) >= 11 is 5.71. The fourth-order valence-electron chi connectivity index (χ4n) is 1.12. The molecule has 0 aromatic carbocycles. The average molecular weight is 242 g/mol. The summed E-state index contributed by atoms with van der Waals surface area (Å²) in [5.41, 5.74) is 0. The number of aromatic nitrogens is 3. The standard InChI is InChI=1S/C9H12ClN5O/c1-6(4-11)5-15(2)8-12-7(10)13-9(14-8)16-3/h6H,5H2,1-3H3. The molecule has 0 N–H and O–H groups in total. The van der Waals surface area contributed by atoms with E-state index in [-0.39, 0.29) is 17.2 Å². The zero-order valence-corrected chi connectivity index (χ0v) is 10.1. The van der Waals surface area contributed by atoms with E-state index in [4.69, 9.17) is 21.6 Å². The minimum absolute atomic E-state index is 0.0679. The molecule has 0 bridgehead atoms. The Morgan fingerprint density at radius 2 is 2.19 bits per heavy atom. The second-order valence-corrected chi connectivity index (χ2v) is 3.64. The van der Waals surface area contributed by atoms with Gasteiger partial charge in [0.2, 0.25) is 11.2 Å². The summed E-state index contributed by atoms with van der Waals surface area (Å²) in [6, 6.07) is 2.29. The van der Waals surface area contributed by atoms with Gasteiger partial charge in [0.15, 0.2) is 0 Å². The number of hydrogen-bond donors (Lipinski definition) is 0. The fraction of sp³-hybridized carbons (Fsp3) is 0.556. The van der Waals surface area contributed by atoms with Crippen molar-refractivity contribution in [2.45, 2.75) is 6.92 Å². The van der Waals surface area contributed by atoms with Gasteiger partial charge in [0.25, 0.3) is 0 Å². The van der Waals surface area contributed by atoms with Crippen molar-refractivity contribution >= 4 is 17.5 Å². The SMILES string of the molecule is COc1nc(Cl)nc(N(C)CC(C)C#N)n1. The van der Waals surface area contributed by atoms with Crippen LogP contribution in [-0.4, -0.2) is 35.7 Å². The molecule has 1 atom stereocenters. The number of methoxy groups -OCH3 is 1. The predicted molar refractivity (Wildman–Crippen MR) is 59.4 cm³/mol. The van der Waals surface area contributed by atoms with Gasteiger partial charge < -0.3 is 9.64 Å². The molecular weight excluding hydrogens is 230 g/mol. The minimum Gasteiger partial charge on any atom is -0.467 e. The van der Waals surface area contributed by atoms with Gasteiger partial charge in [-0.3, -0.25) is 0 Å². The van der Waals surface area contributed by atoms with Crippen molar-refractivity contribution in [3.8, 4) is 12.1 Å². The highest BCUT2D eigenvalue weighted by Crippen LogP contribution is 2.14. The van der Waals surface area contributed by atoms with Crippen molar-refractivity contribution in [3.63, 3.8) is 0 Å². The van der Waals surface area contributed by atoms with Crippen molar-refractivity contribution in [1.82, 2.24) is 15.0 Å². The lowest BCUT2D eigenvalue weighted by atomic mass is 10.2. The lowest BCUT2D eigenvalue weighted by Gasteiger charge is -2.17. The van der Waals surface area contributed by atoms with E-state index < -0.39 is 0 Å². The van der Waals surface area contributed by atoms with E-state index in [0.29, 0.717) is 12.5 Å². The molecule has 7 heteroatoms. The maximum atomic E-state index is 8.71. The minimum atomic E-state index is -0.119. The van der Waals surface area contributed by atoms with Crippen molar-refractivity contribution in [2.75, 3.05) is 25.6 Å². The smallest absolute Gasteiger partial charge is 0.322 e. The van der Waals surface area contributed by atoms with Crippen LogP contribution in [0.15, 0.2) is 0 Å². The lowest BCUT2D eigenvalue weighted by Crippen LogP contribution is -2.25. The Labute approximate surface area is 98.8 Å². The zero-order valence-electron chi connectivity index (χ0n) is 9.31. The number of rotatable bonds is 4. The first-order chi connectivity index (χ1) is 7.56. The van der Waals surface area contributed by atoms with E-state index in [1.54, 1.807) is 11.9 Å². The highest BCUT2D eigenvalue weighted by Gasteiger charge is 2.12. The molecule has 86 valence electrons. The topological polar surface area (TPSA) is 74.9 Å². The Bertz CT molecular complexity index is 405. The van der Waals surface area contributed by atoms with Crippen LogP contribution in [0.1, 0.15) is 6.92 Å². The Kier molecular flexibility index (Phi) is 4.26. The van der Waals surface area contributed by atoms with Crippen LogP contribution in [-0.2, 0) is 0 Å². The molecule has 1 heterocycles. The van der Waals surface area contributed by atoms with Gasteiger partial charge in [-0.2, -0.15) is 20.2 Å². The van der Waals surface area contributed by atoms with Crippen LogP contribution in [0.4, 0.5) is 5.95 Å². The second-order valence-electron chi connectivity index (χ2n) is 3.30. The van der Waals surface area contributed by atoms with Crippen LogP contribution >= 0.6 is 11.6 Å². The molecule has 6 nitrogen and oxygen atoms in total. The van der Waals surface area contributed by atoms with Crippen molar-refractivity contribution in [3.05, 3.63) is 5.28 Å². The number of nitriles is 1. The Morgan fingerprint density at radius 1 is 1.50 bits per heavy atom. The Morgan fingerprint density at radius 3 is 2.75 bits per heavy atom. The van der Waals surface area contributed by atoms with Crippen LogP contribution in [0.25, 0.3) is 0 Å². The quantitative estimate of drug-likeness (QED) is 0.787. The van der Waals surface area contributed by atoms with Crippen LogP contribution in [0, 0.1) is 17.2 Å². The van der Waals surface area contributed by atoms with E-state index in [2.05, 4.69) is 21.0 Å². The predicted octanol–water partition coefficient (Wildman–Crippen LogP) is 1.13. The first-order valence-electron chi connectivity index (χ1n) is 4.63. The summed E-state index contributed by atoms with van der Waals surface area (Å²) in [7, 11) is 3.23. The monoisotopic (exact) mass is 241 g/mol. The molecule has 0 radical (unpaired) electrons. The zero-order chi connectivity index (χ0) is 12.1. The van der Waals surface area contributed by atoms with Gasteiger partial charge in [-0.15, -0.1) is 0 Å². The summed E-state index contributed by atoms with van der Waals surface area (Å²) in [6.07, 6.45) is 0. The second kappa shape index (κ2) is 5.47. The number of ether oxygens (including phenoxy) is 1. The molecule has 0 spiro atoms. The molecule has 1 rings (SSSR count). The highest BCUT2D eigenvalue weighted by atomic mass is 35.5. The first-order valence-corrected chi connectivity index (χ1v) is 5.01. The van der Waals surface area contributed by atoms with Crippen LogP contribution in [0.3, 0.4) is 0 Å². The number of anilines is 1. The van der Waals surface area contributed by atoms with Crippen LogP contribution in [0.2, 0.25) is 5.28 Å². The molecular formula is C9H12ClN5O. The molecule has 0 aliphatic heterocycles. The molecule has 16 heavy (non-hydrogen) atoms. The summed E-state index contributed by atoms with van der Waals surface area (Å²) in [5, 5.41) is 8.77. The third-order valence-corrected chi connectivity index (χ3v) is 2.04. The van der Waals surface area contributed by atoms with E-state index in [9.17, 15) is 0 Å². The van der Waals surface area contributed by atoms with E-state index in [1.165, 1.54) is 7.11 Å². The van der Waals surface area contributed by atoms with E-state index in [0.717, 1.165) is 0 Å². The fourth-order valence-corrected chi connectivity index (χ4v) is 1.27. The van der Waals surface area contributed by atoms with Gasteiger partial charge in [0.1, 0.15) is 0 Å².